The number of hydrogen-bond acceptors (Lipinski definition) is 6. The predicted octanol–water partition coefficient (Wildman–Crippen LogP) is 0.572. The molecule has 0 bridgehead atoms. The third-order valence-corrected chi connectivity index (χ3v) is 3.71. The first-order valence-electron chi connectivity index (χ1n) is 7.57. The van der Waals surface area contributed by atoms with Gasteiger partial charge in [-0.25, -0.2) is 4.79 Å². The second kappa shape index (κ2) is 6.75. The zero-order valence-corrected chi connectivity index (χ0v) is 13.5. The van der Waals surface area contributed by atoms with E-state index in [4.69, 9.17) is 9.15 Å². The highest BCUT2D eigenvalue weighted by Crippen LogP contribution is 2.12. The molecule has 0 spiro atoms. The van der Waals surface area contributed by atoms with Crippen LogP contribution in [0.3, 0.4) is 0 Å². The van der Waals surface area contributed by atoms with Gasteiger partial charge in [0.1, 0.15) is 12.4 Å². The van der Waals surface area contributed by atoms with E-state index in [2.05, 4.69) is 15.3 Å². The minimum Gasteiger partial charge on any atom is -0.467 e. The maximum atomic E-state index is 11.9. The molecule has 128 valence electrons. The molecule has 0 saturated heterocycles. The lowest BCUT2D eigenvalue weighted by Gasteiger charge is -2.06. The highest BCUT2D eigenvalue weighted by atomic mass is 16.5. The minimum atomic E-state index is -0.483. The Balaban J connectivity index is 1.58. The van der Waals surface area contributed by atoms with Crippen LogP contribution in [-0.4, -0.2) is 32.3 Å². The predicted molar refractivity (Wildman–Crippen MR) is 88.0 cm³/mol. The lowest BCUT2D eigenvalue weighted by Crippen LogP contribution is -2.29. The summed E-state index contributed by atoms with van der Waals surface area (Å²) in [6, 6.07) is 3.68. The number of furan rings is 1. The topological polar surface area (TPSA) is 107 Å². The molecule has 9 nitrogen and oxygen atoms in total. The number of aryl methyl sites for hydroxylation is 2. The third kappa shape index (κ3) is 3.11. The molecular formula is C15H19N5O4. The van der Waals surface area contributed by atoms with E-state index in [-0.39, 0.29) is 0 Å². The van der Waals surface area contributed by atoms with Gasteiger partial charge in [-0.1, -0.05) is 0 Å². The number of nitrogens with one attached hydrogen (secondary N) is 2. The van der Waals surface area contributed by atoms with Crippen LogP contribution in [0.5, 0.6) is 0 Å². The van der Waals surface area contributed by atoms with Crippen LogP contribution < -0.4 is 16.6 Å². The Kier molecular flexibility index (Phi) is 4.52. The molecule has 0 aliphatic rings. The Morgan fingerprint density at radius 3 is 2.92 bits per heavy atom. The van der Waals surface area contributed by atoms with Crippen molar-refractivity contribution in [2.45, 2.75) is 13.0 Å². The van der Waals surface area contributed by atoms with E-state index in [9.17, 15) is 9.59 Å². The van der Waals surface area contributed by atoms with Crippen LogP contribution in [0.25, 0.3) is 11.2 Å². The van der Waals surface area contributed by atoms with Crippen LogP contribution in [0.15, 0.2) is 32.4 Å². The van der Waals surface area contributed by atoms with E-state index < -0.39 is 11.2 Å². The summed E-state index contributed by atoms with van der Waals surface area (Å²) in [5.74, 6) is 1.32. The first-order chi connectivity index (χ1) is 11.6. The SMILES string of the molecule is Cn1c(NCCCOCc2ccco2)nc2c1c(=O)[nH]c(=O)n2C. The van der Waals surface area contributed by atoms with Gasteiger partial charge in [-0.2, -0.15) is 4.98 Å². The van der Waals surface area contributed by atoms with Crippen LogP contribution in [-0.2, 0) is 25.4 Å². The zero-order valence-electron chi connectivity index (χ0n) is 13.5. The van der Waals surface area contributed by atoms with Crippen molar-refractivity contribution in [2.75, 3.05) is 18.5 Å². The van der Waals surface area contributed by atoms with Crippen LogP contribution >= 0.6 is 0 Å². The van der Waals surface area contributed by atoms with E-state index >= 15 is 0 Å². The average molecular weight is 333 g/mol. The normalized spacial score (nSPS) is 11.2. The minimum absolute atomic E-state index is 0.350. The van der Waals surface area contributed by atoms with Gasteiger partial charge in [0.15, 0.2) is 11.2 Å². The monoisotopic (exact) mass is 333 g/mol. The van der Waals surface area contributed by atoms with Gasteiger partial charge in [-0.05, 0) is 18.6 Å². The van der Waals surface area contributed by atoms with Gasteiger partial charge < -0.3 is 19.0 Å². The van der Waals surface area contributed by atoms with Crippen molar-refractivity contribution < 1.29 is 9.15 Å². The van der Waals surface area contributed by atoms with Gasteiger partial charge in [0.05, 0.1) is 6.26 Å². The summed E-state index contributed by atoms with van der Waals surface area (Å²) >= 11 is 0. The molecule has 3 aromatic heterocycles. The number of ether oxygens (including phenoxy) is 1. The molecule has 3 aromatic rings. The number of anilines is 1. The van der Waals surface area contributed by atoms with Crippen molar-refractivity contribution in [3.05, 3.63) is 45.0 Å². The van der Waals surface area contributed by atoms with Gasteiger partial charge in [0.25, 0.3) is 5.56 Å². The Morgan fingerprint density at radius 2 is 2.17 bits per heavy atom. The smallest absolute Gasteiger partial charge is 0.329 e. The molecule has 0 aromatic carbocycles. The molecule has 0 unspecified atom stereocenters. The summed E-state index contributed by atoms with van der Waals surface area (Å²) in [6.07, 6.45) is 2.38. The number of nitrogens with zero attached hydrogens (tertiary/aromatic N) is 3. The third-order valence-electron chi connectivity index (χ3n) is 3.71. The fourth-order valence-electron chi connectivity index (χ4n) is 2.41. The molecule has 24 heavy (non-hydrogen) atoms. The number of aromatic amines is 1. The summed E-state index contributed by atoms with van der Waals surface area (Å²) in [6.45, 7) is 1.63. The molecule has 0 radical (unpaired) electrons. The summed E-state index contributed by atoms with van der Waals surface area (Å²) in [5.41, 5.74) is -0.224. The first-order valence-corrected chi connectivity index (χ1v) is 7.57. The Hall–Kier alpha value is -2.81. The molecule has 0 atom stereocenters. The number of aromatic nitrogens is 4. The molecular weight excluding hydrogens is 314 g/mol. The number of rotatable bonds is 7. The quantitative estimate of drug-likeness (QED) is 0.612. The summed E-state index contributed by atoms with van der Waals surface area (Å²) in [5, 5.41) is 3.15. The van der Waals surface area contributed by atoms with Crippen molar-refractivity contribution in [2.24, 2.45) is 14.1 Å². The van der Waals surface area contributed by atoms with Crippen molar-refractivity contribution in [3.63, 3.8) is 0 Å². The highest BCUT2D eigenvalue weighted by Gasteiger charge is 2.14. The van der Waals surface area contributed by atoms with Crippen LogP contribution in [0.2, 0.25) is 0 Å². The van der Waals surface area contributed by atoms with Crippen LogP contribution in [0, 0.1) is 0 Å². The molecule has 0 fully saturated rings. The van der Waals surface area contributed by atoms with E-state index in [1.807, 2.05) is 12.1 Å². The Bertz CT molecular complexity index is 935. The second-order valence-electron chi connectivity index (χ2n) is 5.40. The van der Waals surface area contributed by atoms with Crippen molar-refractivity contribution in [1.29, 1.82) is 0 Å². The fraction of sp³-hybridized carbons (Fsp3) is 0.400. The molecule has 3 heterocycles. The highest BCUT2D eigenvalue weighted by molar-refractivity contribution is 5.73. The fourth-order valence-corrected chi connectivity index (χ4v) is 2.41. The summed E-state index contributed by atoms with van der Waals surface area (Å²) in [4.78, 5) is 30.1. The van der Waals surface area contributed by atoms with E-state index in [0.717, 1.165) is 12.2 Å². The molecule has 9 heteroatoms. The molecule has 0 amide bonds. The van der Waals surface area contributed by atoms with E-state index in [1.54, 1.807) is 24.9 Å². The Morgan fingerprint density at radius 1 is 1.33 bits per heavy atom. The van der Waals surface area contributed by atoms with Crippen molar-refractivity contribution in [3.8, 4) is 0 Å². The van der Waals surface area contributed by atoms with Gasteiger partial charge in [0.2, 0.25) is 5.95 Å². The maximum absolute atomic E-state index is 11.9. The van der Waals surface area contributed by atoms with Crippen LogP contribution in [0.1, 0.15) is 12.2 Å². The first kappa shape index (κ1) is 16.1. The molecule has 2 N–H and O–H groups in total. The number of imidazole rings is 1. The molecule has 0 aliphatic carbocycles. The van der Waals surface area contributed by atoms with Gasteiger partial charge >= 0.3 is 5.69 Å². The van der Waals surface area contributed by atoms with E-state index in [0.29, 0.717) is 36.9 Å². The zero-order chi connectivity index (χ0) is 17.1. The lowest BCUT2D eigenvalue weighted by atomic mass is 10.4. The largest absolute Gasteiger partial charge is 0.467 e. The van der Waals surface area contributed by atoms with Gasteiger partial charge in [-0.3, -0.25) is 14.3 Å². The van der Waals surface area contributed by atoms with Crippen LogP contribution in [0.4, 0.5) is 5.95 Å². The number of H-pyrrole nitrogens is 1. The summed E-state index contributed by atoms with van der Waals surface area (Å²) in [7, 11) is 3.30. The maximum Gasteiger partial charge on any atom is 0.329 e. The number of hydrogen-bond donors (Lipinski definition) is 2. The van der Waals surface area contributed by atoms with Crippen molar-refractivity contribution in [1.82, 2.24) is 19.1 Å². The van der Waals surface area contributed by atoms with Gasteiger partial charge in [-0.15, -0.1) is 0 Å². The van der Waals surface area contributed by atoms with Crippen molar-refractivity contribution >= 4 is 17.1 Å². The molecule has 0 aliphatic heterocycles. The molecule has 3 rings (SSSR count). The Labute approximate surface area is 136 Å². The van der Waals surface area contributed by atoms with E-state index in [1.165, 1.54) is 4.57 Å². The number of fused-ring (bicyclic) bond motifs is 1. The average Bonchev–Trinajstić information content (AvgIpc) is 3.17. The second-order valence-corrected chi connectivity index (χ2v) is 5.40. The lowest BCUT2D eigenvalue weighted by molar-refractivity contribution is 0.106. The standard InChI is InChI=1S/C15H19N5O4/c1-19-11-12(20(2)15(22)18-13(11)21)17-14(19)16-6-4-7-23-9-10-5-3-8-24-10/h3,5,8H,4,6-7,9H2,1-2H3,(H,16,17)(H,18,21,22). The molecule has 0 saturated carbocycles. The summed E-state index contributed by atoms with van der Waals surface area (Å²) < 4.78 is 13.6. The van der Waals surface area contributed by atoms with Gasteiger partial charge in [0, 0.05) is 27.2 Å².